The minimum Gasteiger partial charge on any atom is -0.299 e. The van der Waals surface area contributed by atoms with Crippen molar-refractivity contribution in [1.29, 1.82) is 0 Å². The Morgan fingerprint density at radius 2 is 1.79 bits per heavy atom. The summed E-state index contributed by atoms with van der Waals surface area (Å²) in [7, 11) is 0. The Morgan fingerprint density at radius 3 is 2.14 bits per heavy atom. The van der Waals surface area contributed by atoms with Crippen LogP contribution in [0.15, 0.2) is 24.3 Å². The van der Waals surface area contributed by atoms with E-state index in [0.717, 1.165) is 9.99 Å². The minimum absolute atomic E-state index is 0.208. The molecule has 0 saturated heterocycles. The number of carbonyl (C=O) groups excluding carboxylic acids is 1. The molecule has 0 radical (unpaired) electrons. The zero-order valence-electron chi connectivity index (χ0n) is 8.80. The molecule has 1 aromatic carbocycles. The molecule has 2 heteroatoms. The molecular formula is C12H15IO. The Balaban J connectivity index is 3.02. The highest BCUT2D eigenvalue weighted by Gasteiger charge is 2.25. The fourth-order valence-corrected chi connectivity index (χ4v) is 1.72. The van der Waals surface area contributed by atoms with Crippen molar-refractivity contribution in [2.24, 2.45) is 0 Å². The molecule has 0 aliphatic carbocycles. The lowest BCUT2D eigenvalue weighted by Gasteiger charge is -2.21. The third-order valence-electron chi connectivity index (χ3n) is 2.71. The maximum Gasteiger partial charge on any atom is 0.139 e. The summed E-state index contributed by atoms with van der Waals surface area (Å²) in [5.41, 5.74) is 2.04. The van der Waals surface area contributed by atoms with Crippen LogP contribution < -0.4 is 0 Å². The van der Waals surface area contributed by atoms with Crippen LogP contribution in [0, 0.1) is 0 Å². The predicted octanol–water partition coefficient (Wildman–Crippen LogP) is 3.49. The van der Waals surface area contributed by atoms with Crippen LogP contribution in [0.3, 0.4) is 0 Å². The van der Waals surface area contributed by atoms with Gasteiger partial charge < -0.3 is 0 Å². The van der Waals surface area contributed by atoms with Crippen LogP contribution in [-0.4, -0.2) is 5.78 Å². The molecule has 0 unspecified atom stereocenters. The van der Waals surface area contributed by atoms with Crippen molar-refractivity contribution in [3.8, 4) is 0 Å². The van der Waals surface area contributed by atoms with E-state index in [4.69, 9.17) is 0 Å². The molecule has 0 aliphatic rings. The first-order valence-electron chi connectivity index (χ1n) is 4.65. The van der Waals surface area contributed by atoms with Gasteiger partial charge in [-0.05, 0) is 31.9 Å². The molecule has 0 heterocycles. The second-order valence-electron chi connectivity index (χ2n) is 4.01. The van der Waals surface area contributed by atoms with E-state index in [1.54, 1.807) is 6.92 Å². The lowest BCUT2D eigenvalue weighted by atomic mass is 9.81. The molecule has 0 aromatic heterocycles. The molecule has 1 rings (SSSR count). The highest BCUT2D eigenvalue weighted by atomic mass is 127. The van der Waals surface area contributed by atoms with E-state index >= 15 is 0 Å². The Labute approximate surface area is 99.0 Å². The van der Waals surface area contributed by atoms with Gasteiger partial charge in [0.25, 0.3) is 0 Å². The summed E-state index contributed by atoms with van der Waals surface area (Å²) < 4.78 is 1.01. The first-order chi connectivity index (χ1) is 6.48. The van der Waals surface area contributed by atoms with Gasteiger partial charge in [-0.3, -0.25) is 4.79 Å². The third-order valence-corrected chi connectivity index (χ3v) is 3.59. The molecule has 1 nitrogen and oxygen atoms in total. The van der Waals surface area contributed by atoms with Crippen molar-refractivity contribution < 1.29 is 4.79 Å². The highest BCUT2D eigenvalue weighted by molar-refractivity contribution is 14.1. The lowest BCUT2D eigenvalue weighted by Crippen LogP contribution is -2.26. The second-order valence-corrected chi connectivity index (χ2v) is 4.77. The Morgan fingerprint density at radius 1 is 1.29 bits per heavy atom. The van der Waals surface area contributed by atoms with Gasteiger partial charge in [-0.2, -0.15) is 0 Å². The lowest BCUT2D eigenvalue weighted by molar-refractivity contribution is -0.121. The first kappa shape index (κ1) is 11.7. The monoisotopic (exact) mass is 302 g/mol. The van der Waals surface area contributed by atoms with Crippen LogP contribution in [0.4, 0.5) is 0 Å². The summed E-state index contributed by atoms with van der Waals surface area (Å²) >= 11 is 2.33. The largest absolute Gasteiger partial charge is 0.299 e. The Bertz CT molecular complexity index is 325. The molecule has 76 valence electrons. The van der Waals surface area contributed by atoms with Gasteiger partial charge in [0.05, 0.1) is 0 Å². The van der Waals surface area contributed by atoms with E-state index in [1.807, 2.05) is 13.8 Å². The molecular weight excluding hydrogens is 287 g/mol. The SMILES string of the molecule is CC(=O)C(C)(C)c1ccc(CI)cc1. The van der Waals surface area contributed by atoms with Crippen LogP contribution in [0.5, 0.6) is 0 Å². The maximum atomic E-state index is 11.4. The van der Waals surface area contributed by atoms with Crippen molar-refractivity contribution in [2.75, 3.05) is 0 Å². The van der Waals surface area contributed by atoms with Crippen LogP contribution in [-0.2, 0) is 14.6 Å². The molecule has 1 aromatic rings. The van der Waals surface area contributed by atoms with Crippen molar-refractivity contribution in [3.05, 3.63) is 35.4 Å². The molecule has 0 spiro atoms. The molecule has 0 bridgehead atoms. The average molecular weight is 302 g/mol. The van der Waals surface area contributed by atoms with Gasteiger partial charge in [-0.1, -0.05) is 46.9 Å². The summed E-state index contributed by atoms with van der Waals surface area (Å²) in [5.74, 6) is 0.208. The summed E-state index contributed by atoms with van der Waals surface area (Å²) in [5, 5.41) is 0. The van der Waals surface area contributed by atoms with Gasteiger partial charge >= 0.3 is 0 Å². The normalized spacial score (nSPS) is 11.4. The van der Waals surface area contributed by atoms with Crippen molar-refractivity contribution in [1.82, 2.24) is 0 Å². The van der Waals surface area contributed by atoms with E-state index in [1.165, 1.54) is 5.56 Å². The molecule has 0 fully saturated rings. The molecule has 14 heavy (non-hydrogen) atoms. The van der Waals surface area contributed by atoms with Gasteiger partial charge in [0, 0.05) is 9.84 Å². The van der Waals surface area contributed by atoms with Gasteiger partial charge in [-0.15, -0.1) is 0 Å². The first-order valence-corrected chi connectivity index (χ1v) is 6.17. The topological polar surface area (TPSA) is 17.1 Å². The molecule has 0 N–H and O–H groups in total. The summed E-state index contributed by atoms with van der Waals surface area (Å²) in [6, 6.07) is 8.28. The van der Waals surface area contributed by atoms with Gasteiger partial charge in [0.2, 0.25) is 0 Å². The maximum absolute atomic E-state index is 11.4. The number of rotatable bonds is 3. The number of benzene rings is 1. The standard InChI is InChI=1S/C12H15IO/c1-9(14)12(2,3)11-6-4-10(8-13)5-7-11/h4-7H,8H2,1-3H3. The van der Waals surface area contributed by atoms with Crippen molar-refractivity contribution in [2.45, 2.75) is 30.6 Å². The molecule has 0 amide bonds. The third kappa shape index (κ3) is 2.35. The zero-order chi connectivity index (χ0) is 10.8. The zero-order valence-corrected chi connectivity index (χ0v) is 11.0. The van der Waals surface area contributed by atoms with Crippen LogP contribution in [0.1, 0.15) is 31.9 Å². The van der Waals surface area contributed by atoms with E-state index in [-0.39, 0.29) is 11.2 Å². The van der Waals surface area contributed by atoms with E-state index in [9.17, 15) is 4.79 Å². The number of Topliss-reactive ketones (excluding diaryl/α,β-unsaturated/α-hetero) is 1. The van der Waals surface area contributed by atoms with E-state index in [0.29, 0.717) is 0 Å². The fraction of sp³-hybridized carbons (Fsp3) is 0.417. The van der Waals surface area contributed by atoms with Crippen LogP contribution >= 0.6 is 22.6 Å². The second kappa shape index (κ2) is 4.43. The molecule has 0 aliphatic heterocycles. The molecule has 0 atom stereocenters. The van der Waals surface area contributed by atoms with E-state index in [2.05, 4.69) is 46.9 Å². The van der Waals surface area contributed by atoms with Crippen molar-refractivity contribution >= 4 is 28.4 Å². The van der Waals surface area contributed by atoms with E-state index < -0.39 is 0 Å². The minimum atomic E-state index is -0.357. The number of hydrogen-bond donors (Lipinski definition) is 0. The fourth-order valence-electron chi connectivity index (χ4n) is 1.21. The summed E-state index contributed by atoms with van der Waals surface area (Å²) in [4.78, 5) is 11.4. The van der Waals surface area contributed by atoms with Crippen molar-refractivity contribution in [3.63, 3.8) is 0 Å². The molecule has 0 saturated carbocycles. The average Bonchev–Trinajstić information content (AvgIpc) is 2.17. The number of alkyl halides is 1. The predicted molar refractivity (Wildman–Crippen MR) is 67.9 cm³/mol. The van der Waals surface area contributed by atoms with Gasteiger partial charge in [0.1, 0.15) is 5.78 Å². The highest BCUT2D eigenvalue weighted by Crippen LogP contribution is 2.24. The Kier molecular flexibility index (Phi) is 3.70. The van der Waals surface area contributed by atoms with Gasteiger partial charge in [0.15, 0.2) is 0 Å². The van der Waals surface area contributed by atoms with Crippen LogP contribution in [0.2, 0.25) is 0 Å². The van der Waals surface area contributed by atoms with Gasteiger partial charge in [-0.25, -0.2) is 0 Å². The smallest absolute Gasteiger partial charge is 0.139 e. The number of hydrogen-bond acceptors (Lipinski definition) is 1. The quantitative estimate of drug-likeness (QED) is 0.617. The van der Waals surface area contributed by atoms with Crippen LogP contribution in [0.25, 0.3) is 0 Å². The number of ketones is 1. The number of carbonyl (C=O) groups is 1. The summed E-state index contributed by atoms with van der Waals surface area (Å²) in [6.45, 7) is 5.58. The Hall–Kier alpha value is -0.380. The number of halogens is 1. The summed E-state index contributed by atoms with van der Waals surface area (Å²) in [6.07, 6.45) is 0.